The van der Waals surface area contributed by atoms with E-state index in [2.05, 4.69) is 20.5 Å². The Morgan fingerprint density at radius 3 is 2.90 bits per heavy atom. The SMILES string of the molecule is O=C(Cn1nc(-n2cccn2)ccc1=O)Nc1cccc(-c2cn3ccsc3n2)c1. The molecule has 1 N–H and O–H groups in total. The van der Waals surface area contributed by atoms with E-state index in [9.17, 15) is 9.59 Å². The first-order valence-corrected chi connectivity index (χ1v) is 9.94. The van der Waals surface area contributed by atoms with E-state index in [1.54, 1.807) is 41.9 Å². The van der Waals surface area contributed by atoms with E-state index in [0.29, 0.717) is 11.5 Å². The van der Waals surface area contributed by atoms with Crippen molar-refractivity contribution in [1.82, 2.24) is 28.9 Å². The number of nitrogens with one attached hydrogen (secondary N) is 1. The molecule has 0 fully saturated rings. The molecule has 0 saturated carbocycles. The highest BCUT2D eigenvalue weighted by atomic mass is 32.1. The normalized spacial score (nSPS) is 11.1. The van der Waals surface area contributed by atoms with Gasteiger partial charge in [0.05, 0.1) is 5.69 Å². The summed E-state index contributed by atoms with van der Waals surface area (Å²) in [5.41, 5.74) is 1.96. The summed E-state index contributed by atoms with van der Waals surface area (Å²) >= 11 is 1.56. The second-order valence-electron chi connectivity index (χ2n) is 6.49. The maximum atomic E-state index is 12.5. The van der Waals surface area contributed by atoms with Gasteiger partial charge >= 0.3 is 0 Å². The molecule has 1 amide bonds. The van der Waals surface area contributed by atoms with Crippen molar-refractivity contribution < 1.29 is 4.79 Å². The lowest BCUT2D eigenvalue weighted by molar-refractivity contribution is -0.117. The number of carbonyl (C=O) groups is 1. The molecule has 0 spiro atoms. The quantitative estimate of drug-likeness (QED) is 0.474. The number of amides is 1. The lowest BCUT2D eigenvalue weighted by Gasteiger charge is -2.09. The van der Waals surface area contributed by atoms with Crippen LogP contribution < -0.4 is 10.9 Å². The second-order valence-corrected chi connectivity index (χ2v) is 7.36. The summed E-state index contributed by atoms with van der Waals surface area (Å²) < 4.78 is 4.59. The van der Waals surface area contributed by atoms with Crippen LogP contribution in [0.15, 0.2) is 77.4 Å². The molecule has 4 aromatic heterocycles. The fourth-order valence-corrected chi connectivity index (χ4v) is 3.74. The zero-order valence-electron chi connectivity index (χ0n) is 15.5. The van der Waals surface area contributed by atoms with Gasteiger partial charge in [0.2, 0.25) is 5.91 Å². The molecule has 5 rings (SSSR count). The standard InChI is InChI=1S/C20H15N7O2S/c28-18(13-27-19(29)6-5-17(24-27)26-8-2-7-21-26)22-15-4-1-3-14(11-15)16-12-25-9-10-30-20(25)23-16/h1-12H,13H2,(H,22,28). The Morgan fingerprint density at radius 1 is 1.13 bits per heavy atom. The molecule has 148 valence electrons. The molecule has 0 atom stereocenters. The molecule has 0 bridgehead atoms. The average molecular weight is 417 g/mol. The Labute approximate surface area is 173 Å². The largest absolute Gasteiger partial charge is 0.324 e. The van der Waals surface area contributed by atoms with Crippen LogP contribution in [0.2, 0.25) is 0 Å². The molecule has 4 heterocycles. The smallest absolute Gasteiger partial charge is 0.267 e. The summed E-state index contributed by atoms with van der Waals surface area (Å²) in [4.78, 5) is 30.1. The number of hydrogen-bond donors (Lipinski definition) is 1. The molecular formula is C20H15N7O2S. The number of thiazole rings is 1. The molecular weight excluding hydrogens is 402 g/mol. The van der Waals surface area contributed by atoms with Crippen LogP contribution in [0.1, 0.15) is 0 Å². The van der Waals surface area contributed by atoms with Gasteiger partial charge in [0, 0.05) is 47.5 Å². The van der Waals surface area contributed by atoms with Gasteiger partial charge in [0.15, 0.2) is 10.8 Å². The van der Waals surface area contributed by atoms with Crippen LogP contribution in [-0.4, -0.2) is 34.9 Å². The molecule has 0 aliphatic rings. The molecule has 0 aliphatic carbocycles. The first kappa shape index (κ1) is 18.0. The van der Waals surface area contributed by atoms with Crippen molar-refractivity contribution >= 4 is 27.9 Å². The number of benzene rings is 1. The maximum absolute atomic E-state index is 12.5. The van der Waals surface area contributed by atoms with Gasteiger partial charge in [0.1, 0.15) is 6.54 Å². The van der Waals surface area contributed by atoms with Crippen molar-refractivity contribution in [3.8, 4) is 17.1 Å². The molecule has 0 aliphatic heterocycles. The minimum atomic E-state index is -0.368. The van der Waals surface area contributed by atoms with Crippen LogP contribution in [0.3, 0.4) is 0 Å². The van der Waals surface area contributed by atoms with Gasteiger partial charge in [-0.3, -0.25) is 14.0 Å². The van der Waals surface area contributed by atoms with Gasteiger partial charge in [-0.05, 0) is 24.3 Å². The van der Waals surface area contributed by atoms with E-state index in [-0.39, 0.29) is 18.0 Å². The van der Waals surface area contributed by atoms with Crippen LogP contribution in [0.5, 0.6) is 0 Å². The number of imidazole rings is 1. The van der Waals surface area contributed by atoms with E-state index >= 15 is 0 Å². The van der Waals surface area contributed by atoms with Gasteiger partial charge in [0.25, 0.3) is 5.56 Å². The fraction of sp³-hybridized carbons (Fsp3) is 0.0500. The van der Waals surface area contributed by atoms with Crippen molar-refractivity contribution in [2.24, 2.45) is 0 Å². The van der Waals surface area contributed by atoms with E-state index in [4.69, 9.17) is 0 Å². The molecule has 30 heavy (non-hydrogen) atoms. The van der Waals surface area contributed by atoms with Crippen LogP contribution >= 0.6 is 11.3 Å². The van der Waals surface area contributed by atoms with Crippen LogP contribution in [0.25, 0.3) is 22.0 Å². The Bertz CT molecular complexity index is 1370. The third-order valence-corrected chi connectivity index (χ3v) is 5.19. The number of hydrogen-bond acceptors (Lipinski definition) is 6. The first-order valence-electron chi connectivity index (χ1n) is 9.06. The third kappa shape index (κ3) is 3.51. The molecule has 1 aromatic carbocycles. The minimum Gasteiger partial charge on any atom is -0.324 e. The number of aromatic nitrogens is 6. The summed E-state index contributed by atoms with van der Waals surface area (Å²) in [6, 6.07) is 12.1. The Balaban J connectivity index is 1.34. The van der Waals surface area contributed by atoms with E-state index in [1.165, 1.54) is 10.7 Å². The lowest BCUT2D eigenvalue weighted by Crippen LogP contribution is -2.30. The molecule has 5 aromatic rings. The number of rotatable bonds is 5. The Hall–Kier alpha value is -4.05. The number of fused-ring (bicyclic) bond motifs is 1. The van der Waals surface area contributed by atoms with Gasteiger partial charge in [-0.25, -0.2) is 14.3 Å². The molecule has 0 unspecified atom stereocenters. The van der Waals surface area contributed by atoms with Crippen molar-refractivity contribution in [3.05, 3.63) is 83.0 Å². The average Bonchev–Trinajstić information content (AvgIpc) is 3.47. The van der Waals surface area contributed by atoms with Gasteiger partial charge in [-0.2, -0.15) is 5.10 Å². The van der Waals surface area contributed by atoms with E-state index in [1.807, 2.05) is 40.4 Å². The second kappa shape index (κ2) is 7.41. The number of anilines is 1. The molecule has 0 saturated heterocycles. The number of nitrogens with zero attached hydrogens (tertiary/aromatic N) is 6. The Morgan fingerprint density at radius 2 is 2.07 bits per heavy atom. The lowest BCUT2D eigenvalue weighted by atomic mass is 10.1. The van der Waals surface area contributed by atoms with E-state index < -0.39 is 0 Å². The highest BCUT2D eigenvalue weighted by molar-refractivity contribution is 7.15. The highest BCUT2D eigenvalue weighted by Gasteiger charge is 2.10. The van der Waals surface area contributed by atoms with Crippen LogP contribution in [0, 0.1) is 0 Å². The monoisotopic (exact) mass is 417 g/mol. The maximum Gasteiger partial charge on any atom is 0.267 e. The van der Waals surface area contributed by atoms with Crippen LogP contribution in [0.4, 0.5) is 5.69 Å². The van der Waals surface area contributed by atoms with Gasteiger partial charge < -0.3 is 5.32 Å². The van der Waals surface area contributed by atoms with E-state index in [0.717, 1.165) is 20.9 Å². The zero-order valence-corrected chi connectivity index (χ0v) is 16.4. The predicted molar refractivity (Wildman–Crippen MR) is 113 cm³/mol. The molecule has 10 heteroatoms. The van der Waals surface area contributed by atoms with Crippen molar-refractivity contribution in [3.63, 3.8) is 0 Å². The first-order chi connectivity index (χ1) is 14.7. The number of carbonyl (C=O) groups excluding carboxylic acids is 1. The third-order valence-electron chi connectivity index (χ3n) is 4.42. The topological polar surface area (TPSA) is 99.1 Å². The van der Waals surface area contributed by atoms with Gasteiger partial charge in [-0.15, -0.1) is 16.4 Å². The fourth-order valence-electron chi connectivity index (χ4n) is 3.04. The highest BCUT2D eigenvalue weighted by Crippen LogP contribution is 2.24. The Kier molecular flexibility index (Phi) is 4.45. The van der Waals surface area contributed by atoms with Gasteiger partial charge in [-0.1, -0.05) is 12.1 Å². The van der Waals surface area contributed by atoms with Crippen molar-refractivity contribution in [2.45, 2.75) is 6.54 Å². The predicted octanol–water partition coefficient (Wildman–Crippen LogP) is 2.44. The summed E-state index contributed by atoms with van der Waals surface area (Å²) in [7, 11) is 0. The molecule has 0 radical (unpaired) electrons. The van der Waals surface area contributed by atoms with Crippen LogP contribution in [-0.2, 0) is 11.3 Å². The zero-order chi connectivity index (χ0) is 20.5. The summed E-state index contributed by atoms with van der Waals surface area (Å²) in [5.74, 6) is 0.0966. The molecule has 9 nitrogen and oxygen atoms in total. The van der Waals surface area contributed by atoms with Crippen molar-refractivity contribution in [1.29, 1.82) is 0 Å². The summed E-state index contributed by atoms with van der Waals surface area (Å²) in [6.07, 6.45) is 7.21. The minimum absolute atomic E-state index is 0.210. The van der Waals surface area contributed by atoms with Crippen molar-refractivity contribution in [2.75, 3.05) is 5.32 Å². The summed E-state index contributed by atoms with van der Waals surface area (Å²) in [6.45, 7) is -0.210. The summed E-state index contributed by atoms with van der Waals surface area (Å²) in [5, 5.41) is 13.1.